The summed E-state index contributed by atoms with van der Waals surface area (Å²) in [6.07, 6.45) is 2.48. The van der Waals surface area contributed by atoms with Crippen LogP contribution in [0.25, 0.3) is 10.8 Å². The number of rotatable bonds is 6. The summed E-state index contributed by atoms with van der Waals surface area (Å²) in [5.41, 5.74) is 1.25. The second-order valence-electron chi connectivity index (χ2n) is 8.82. The molecule has 0 saturated heterocycles. The van der Waals surface area contributed by atoms with Gasteiger partial charge in [0.2, 0.25) is 0 Å². The van der Waals surface area contributed by atoms with Gasteiger partial charge >= 0.3 is 0 Å². The fraction of sp³-hybridized carbons (Fsp3) is 0.385. The molecule has 0 bridgehead atoms. The van der Waals surface area contributed by atoms with E-state index in [2.05, 4.69) is 37.2 Å². The molecule has 0 heterocycles. The van der Waals surface area contributed by atoms with E-state index >= 15 is 0 Å². The minimum absolute atomic E-state index is 0.0802. The largest absolute Gasteiger partial charge is 0.508 e. The lowest BCUT2D eigenvalue weighted by atomic mass is 9.70. The zero-order chi connectivity index (χ0) is 21.1. The predicted molar refractivity (Wildman–Crippen MR) is 120 cm³/mol. The Morgan fingerprint density at radius 2 is 1.73 bits per heavy atom. The molecule has 1 saturated carbocycles. The van der Waals surface area contributed by atoms with Gasteiger partial charge in [-0.1, -0.05) is 48.5 Å². The molecule has 158 valence electrons. The minimum atomic E-state index is -0.886. The van der Waals surface area contributed by atoms with E-state index in [1.807, 2.05) is 36.4 Å². The van der Waals surface area contributed by atoms with Crippen molar-refractivity contribution in [3.05, 3.63) is 77.9 Å². The summed E-state index contributed by atoms with van der Waals surface area (Å²) in [5.74, 6) is 0.340. The third-order valence-corrected chi connectivity index (χ3v) is 6.31. The molecule has 3 aromatic carbocycles. The highest BCUT2D eigenvalue weighted by molar-refractivity contribution is 5.84. The third kappa shape index (κ3) is 4.51. The number of aromatic hydroxyl groups is 1. The minimum Gasteiger partial charge on any atom is -0.508 e. The molecule has 0 aliphatic heterocycles. The van der Waals surface area contributed by atoms with Crippen molar-refractivity contribution in [3.63, 3.8) is 0 Å². The van der Waals surface area contributed by atoms with Crippen molar-refractivity contribution in [1.29, 1.82) is 0 Å². The molecule has 1 fully saturated rings. The highest BCUT2D eigenvalue weighted by Gasteiger charge is 2.43. The maximum atomic E-state index is 11.8. The van der Waals surface area contributed by atoms with Gasteiger partial charge in [-0.2, -0.15) is 0 Å². The van der Waals surface area contributed by atoms with Gasteiger partial charge < -0.3 is 19.8 Å². The van der Waals surface area contributed by atoms with Gasteiger partial charge in [-0.05, 0) is 73.5 Å². The van der Waals surface area contributed by atoms with Gasteiger partial charge in [-0.3, -0.25) is 0 Å². The zero-order valence-corrected chi connectivity index (χ0v) is 17.8. The van der Waals surface area contributed by atoms with Crippen molar-refractivity contribution >= 4 is 10.8 Å². The summed E-state index contributed by atoms with van der Waals surface area (Å²) in [6.45, 7) is 1.41. The second-order valence-corrected chi connectivity index (χ2v) is 8.82. The SMILES string of the molecule is CN(C)CC1CC(OCc2ccccc2)CCC1(O)c1ccc2cc(O)ccc2c1. The number of nitrogens with zero attached hydrogens (tertiary/aromatic N) is 1. The highest BCUT2D eigenvalue weighted by Crippen LogP contribution is 2.44. The van der Waals surface area contributed by atoms with Crippen LogP contribution in [0.2, 0.25) is 0 Å². The van der Waals surface area contributed by atoms with Gasteiger partial charge in [-0.25, -0.2) is 0 Å². The summed E-state index contributed by atoms with van der Waals surface area (Å²) < 4.78 is 6.24. The summed E-state index contributed by atoms with van der Waals surface area (Å²) >= 11 is 0. The molecule has 0 aromatic heterocycles. The van der Waals surface area contributed by atoms with Gasteiger partial charge in [0.05, 0.1) is 18.3 Å². The Hall–Kier alpha value is -2.40. The average molecular weight is 406 g/mol. The molecule has 3 unspecified atom stereocenters. The topological polar surface area (TPSA) is 52.9 Å². The van der Waals surface area contributed by atoms with Crippen molar-refractivity contribution in [3.8, 4) is 5.75 Å². The van der Waals surface area contributed by atoms with Gasteiger partial charge in [0.15, 0.2) is 0 Å². The Labute approximate surface area is 178 Å². The Kier molecular flexibility index (Phi) is 6.09. The molecule has 1 aliphatic rings. The van der Waals surface area contributed by atoms with E-state index in [1.54, 1.807) is 12.1 Å². The maximum Gasteiger partial charge on any atom is 0.116 e. The maximum absolute atomic E-state index is 11.8. The van der Waals surface area contributed by atoms with E-state index < -0.39 is 5.60 Å². The molecule has 30 heavy (non-hydrogen) atoms. The smallest absolute Gasteiger partial charge is 0.116 e. The molecular weight excluding hydrogens is 374 g/mol. The van der Waals surface area contributed by atoms with Gasteiger partial charge in [0.25, 0.3) is 0 Å². The Morgan fingerprint density at radius 3 is 2.50 bits per heavy atom. The van der Waals surface area contributed by atoms with Gasteiger partial charge in [0, 0.05) is 12.5 Å². The predicted octanol–water partition coefficient (Wildman–Crippen LogP) is 4.68. The van der Waals surface area contributed by atoms with Crippen molar-refractivity contribution in [1.82, 2.24) is 4.90 Å². The first kappa shape index (κ1) is 20.9. The van der Waals surface area contributed by atoms with Crippen LogP contribution < -0.4 is 0 Å². The summed E-state index contributed by atoms with van der Waals surface area (Å²) in [4.78, 5) is 2.15. The van der Waals surface area contributed by atoms with Crippen molar-refractivity contribution in [2.45, 2.75) is 37.6 Å². The quantitative estimate of drug-likeness (QED) is 0.625. The van der Waals surface area contributed by atoms with Crippen LogP contribution in [0, 0.1) is 5.92 Å². The van der Waals surface area contributed by atoms with Crippen LogP contribution in [0.3, 0.4) is 0 Å². The number of fused-ring (bicyclic) bond motifs is 1. The van der Waals surface area contributed by atoms with Gasteiger partial charge in [-0.15, -0.1) is 0 Å². The van der Waals surface area contributed by atoms with Crippen LogP contribution in [-0.4, -0.2) is 41.9 Å². The van der Waals surface area contributed by atoms with E-state index in [1.165, 1.54) is 5.56 Å². The molecule has 4 nitrogen and oxygen atoms in total. The molecule has 2 N–H and O–H groups in total. The Morgan fingerprint density at radius 1 is 1.00 bits per heavy atom. The first-order valence-electron chi connectivity index (χ1n) is 10.7. The normalized spacial score (nSPS) is 24.4. The first-order chi connectivity index (χ1) is 14.4. The zero-order valence-electron chi connectivity index (χ0n) is 17.8. The summed E-state index contributed by atoms with van der Waals surface area (Å²) in [7, 11) is 4.11. The van der Waals surface area contributed by atoms with Crippen LogP contribution >= 0.6 is 0 Å². The van der Waals surface area contributed by atoms with E-state index in [-0.39, 0.29) is 17.8 Å². The number of hydrogen-bond acceptors (Lipinski definition) is 4. The highest BCUT2D eigenvalue weighted by atomic mass is 16.5. The average Bonchev–Trinajstić information content (AvgIpc) is 2.74. The number of benzene rings is 3. The fourth-order valence-electron chi connectivity index (χ4n) is 4.70. The van der Waals surface area contributed by atoms with Crippen LogP contribution in [-0.2, 0) is 16.9 Å². The fourth-order valence-corrected chi connectivity index (χ4v) is 4.70. The van der Waals surface area contributed by atoms with E-state index in [4.69, 9.17) is 4.74 Å². The van der Waals surface area contributed by atoms with Crippen LogP contribution in [0.5, 0.6) is 5.75 Å². The van der Waals surface area contributed by atoms with E-state index in [9.17, 15) is 10.2 Å². The monoisotopic (exact) mass is 405 g/mol. The molecule has 0 spiro atoms. The number of ether oxygens (including phenoxy) is 1. The first-order valence-corrected chi connectivity index (χ1v) is 10.7. The van der Waals surface area contributed by atoms with Crippen LogP contribution in [0.15, 0.2) is 66.7 Å². The molecule has 3 aromatic rings. The third-order valence-electron chi connectivity index (χ3n) is 6.31. The van der Waals surface area contributed by atoms with E-state index in [0.29, 0.717) is 13.0 Å². The number of phenolic OH excluding ortho intramolecular Hbond substituents is 1. The molecular formula is C26H31NO3. The molecule has 0 amide bonds. The summed E-state index contributed by atoms with van der Waals surface area (Å²) in [6, 6.07) is 21.7. The molecule has 0 radical (unpaired) electrons. The molecule has 4 heteroatoms. The van der Waals surface area contributed by atoms with Crippen molar-refractivity contribution in [2.75, 3.05) is 20.6 Å². The lowest BCUT2D eigenvalue weighted by Crippen LogP contribution is -2.46. The van der Waals surface area contributed by atoms with Crippen LogP contribution in [0.1, 0.15) is 30.4 Å². The molecule has 3 atom stereocenters. The van der Waals surface area contributed by atoms with Crippen molar-refractivity contribution < 1.29 is 14.9 Å². The molecule has 1 aliphatic carbocycles. The number of phenols is 1. The van der Waals surface area contributed by atoms with E-state index in [0.717, 1.165) is 35.7 Å². The molecule has 4 rings (SSSR count). The standard InChI is InChI=1S/C26H31NO3/c1-27(2)17-23-16-25(30-18-19-6-4-3-5-7-19)12-13-26(23,29)22-10-8-21-15-24(28)11-9-20(21)14-22/h3-11,14-15,23,25,28-29H,12-13,16-18H2,1-2H3. The van der Waals surface area contributed by atoms with Gasteiger partial charge in [0.1, 0.15) is 5.75 Å². The Bertz CT molecular complexity index is 988. The summed E-state index contributed by atoms with van der Waals surface area (Å²) in [5, 5.41) is 23.6. The lowest BCUT2D eigenvalue weighted by molar-refractivity contribution is -0.110. The van der Waals surface area contributed by atoms with Crippen molar-refractivity contribution in [2.24, 2.45) is 5.92 Å². The van der Waals surface area contributed by atoms with Crippen LogP contribution in [0.4, 0.5) is 0 Å². The second kappa shape index (κ2) is 8.76. The number of aliphatic hydroxyl groups is 1. The lowest BCUT2D eigenvalue weighted by Gasteiger charge is -2.44. The Balaban J connectivity index is 1.55. The number of hydrogen-bond donors (Lipinski definition) is 2.